The third-order valence-electron chi connectivity index (χ3n) is 5.37. The Morgan fingerprint density at radius 1 is 0.828 bits per heavy atom. The van der Waals surface area contributed by atoms with Gasteiger partial charge in [-0.1, -0.05) is 12.8 Å². The van der Waals surface area contributed by atoms with Gasteiger partial charge in [-0.15, -0.1) is 0 Å². The zero-order chi connectivity index (χ0) is 20.1. The summed E-state index contributed by atoms with van der Waals surface area (Å²) in [6, 6.07) is 3.51. The molecule has 1 aromatic carbocycles. The van der Waals surface area contributed by atoms with Crippen molar-refractivity contribution in [2.75, 3.05) is 0 Å². The molecule has 0 aromatic heterocycles. The van der Waals surface area contributed by atoms with Crippen molar-refractivity contribution >= 4 is 51.6 Å². The molecule has 0 bridgehead atoms. The normalized spacial score (nSPS) is 18.5. The molecule has 0 unspecified atom stereocenters. The van der Waals surface area contributed by atoms with Crippen LogP contribution in [0.2, 0.25) is 0 Å². The number of rotatable bonds is 5. The van der Waals surface area contributed by atoms with Gasteiger partial charge in [-0.05, 0) is 69.6 Å². The average Bonchev–Trinajstić information content (AvgIpc) is 2.68. The van der Waals surface area contributed by atoms with E-state index in [4.69, 9.17) is 9.47 Å². The SMILES string of the molecule is O=C(OC1CCCCC1)c1ccc(C(=O)OC2CCCCC2)c(S(=O)(=O)O)c1.[NaH]. The minimum atomic E-state index is -4.72. The van der Waals surface area contributed by atoms with Crippen LogP contribution in [0.3, 0.4) is 0 Å². The van der Waals surface area contributed by atoms with Crippen LogP contribution < -0.4 is 0 Å². The Bertz CT molecular complexity index is 825. The topological polar surface area (TPSA) is 107 Å². The molecule has 2 saturated carbocycles. The van der Waals surface area contributed by atoms with Gasteiger partial charge in [0.15, 0.2) is 0 Å². The van der Waals surface area contributed by atoms with Crippen molar-refractivity contribution < 1.29 is 32.0 Å². The predicted octanol–water partition coefficient (Wildman–Crippen LogP) is 3.26. The number of benzene rings is 1. The van der Waals surface area contributed by atoms with Crippen LogP contribution in [-0.2, 0) is 19.6 Å². The van der Waals surface area contributed by atoms with E-state index in [1.807, 2.05) is 0 Å². The first kappa shape index (κ1) is 24.3. The molecule has 0 amide bonds. The molecule has 156 valence electrons. The quantitative estimate of drug-likeness (QED) is 0.431. The molecule has 2 aliphatic rings. The van der Waals surface area contributed by atoms with Gasteiger partial charge in [-0.25, -0.2) is 9.59 Å². The van der Waals surface area contributed by atoms with Crippen LogP contribution in [0.15, 0.2) is 23.1 Å². The van der Waals surface area contributed by atoms with Gasteiger partial charge in [0.1, 0.15) is 17.1 Å². The van der Waals surface area contributed by atoms with Crippen LogP contribution in [0.5, 0.6) is 0 Å². The molecular weight excluding hydrogens is 407 g/mol. The summed E-state index contributed by atoms with van der Waals surface area (Å²) >= 11 is 0. The first-order chi connectivity index (χ1) is 13.3. The standard InChI is InChI=1S/C20H26O7S.Na.H/c21-19(26-15-7-3-1-4-8-15)14-11-12-17(18(13-14)28(23,24)25)20(22)27-16-9-5-2-6-10-16;;/h11-13,15-16H,1-10H2,(H,23,24,25);;. The van der Waals surface area contributed by atoms with E-state index in [0.717, 1.165) is 70.3 Å². The third kappa shape index (κ3) is 6.79. The van der Waals surface area contributed by atoms with Crippen molar-refractivity contribution in [1.29, 1.82) is 0 Å². The Balaban J connectivity index is 0.00000300. The summed E-state index contributed by atoms with van der Waals surface area (Å²) in [7, 11) is -4.72. The van der Waals surface area contributed by atoms with Crippen LogP contribution >= 0.6 is 0 Å². The summed E-state index contributed by atoms with van der Waals surface area (Å²) in [5.74, 6) is -1.48. The number of esters is 2. The van der Waals surface area contributed by atoms with Crippen molar-refractivity contribution in [2.24, 2.45) is 0 Å². The average molecular weight is 434 g/mol. The number of ether oxygens (including phenoxy) is 2. The van der Waals surface area contributed by atoms with Crippen molar-refractivity contribution in [3.05, 3.63) is 29.3 Å². The molecule has 0 heterocycles. The summed E-state index contributed by atoms with van der Waals surface area (Å²) in [4.78, 5) is 24.2. The fourth-order valence-corrected chi connectivity index (χ4v) is 4.54. The van der Waals surface area contributed by atoms with E-state index in [9.17, 15) is 22.6 Å². The molecule has 2 fully saturated rings. The zero-order valence-electron chi connectivity index (χ0n) is 15.8. The van der Waals surface area contributed by atoms with Crippen LogP contribution in [0.1, 0.15) is 84.9 Å². The number of carbonyl (C=O) groups is 2. The Hall–Kier alpha value is -0.930. The van der Waals surface area contributed by atoms with E-state index in [1.165, 1.54) is 12.1 Å². The second-order valence-electron chi connectivity index (χ2n) is 7.52. The molecule has 29 heavy (non-hydrogen) atoms. The Kier molecular flexibility index (Phi) is 9.15. The summed E-state index contributed by atoms with van der Waals surface area (Å²) in [6.45, 7) is 0. The van der Waals surface area contributed by atoms with Gasteiger partial charge in [-0.3, -0.25) is 4.55 Å². The molecule has 9 heteroatoms. The molecule has 7 nitrogen and oxygen atoms in total. The Morgan fingerprint density at radius 2 is 1.31 bits per heavy atom. The monoisotopic (exact) mass is 434 g/mol. The predicted molar refractivity (Wildman–Crippen MR) is 108 cm³/mol. The second kappa shape index (κ2) is 10.9. The van der Waals surface area contributed by atoms with Gasteiger partial charge in [-0.2, -0.15) is 8.42 Å². The van der Waals surface area contributed by atoms with Crippen molar-refractivity contribution in [2.45, 2.75) is 81.3 Å². The van der Waals surface area contributed by atoms with Gasteiger partial charge in [0, 0.05) is 0 Å². The van der Waals surface area contributed by atoms with Crippen molar-refractivity contribution in [3.8, 4) is 0 Å². The summed E-state index contributed by atoms with van der Waals surface area (Å²) in [5.41, 5.74) is -0.297. The van der Waals surface area contributed by atoms with E-state index >= 15 is 0 Å². The van der Waals surface area contributed by atoms with Crippen LogP contribution in [0, 0.1) is 0 Å². The fourth-order valence-electron chi connectivity index (χ4n) is 3.83. The molecule has 2 aliphatic carbocycles. The molecule has 0 atom stereocenters. The molecule has 0 radical (unpaired) electrons. The van der Waals surface area contributed by atoms with Crippen molar-refractivity contribution in [3.63, 3.8) is 0 Å². The first-order valence-corrected chi connectivity index (χ1v) is 11.3. The minimum absolute atomic E-state index is 0. The maximum atomic E-state index is 12.5. The van der Waals surface area contributed by atoms with Crippen LogP contribution in [0.4, 0.5) is 0 Å². The molecule has 1 N–H and O–H groups in total. The van der Waals surface area contributed by atoms with E-state index in [1.54, 1.807) is 0 Å². The first-order valence-electron chi connectivity index (χ1n) is 9.88. The van der Waals surface area contributed by atoms with E-state index in [0.29, 0.717) is 0 Å². The van der Waals surface area contributed by atoms with Gasteiger partial charge < -0.3 is 9.47 Å². The van der Waals surface area contributed by atoms with Crippen LogP contribution in [0.25, 0.3) is 0 Å². The number of hydrogen-bond acceptors (Lipinski definition) is 6. The van der Waals surface area contributed by atoms with E-state index < -0.39 is 27.0 Å². The molecule has 0 spiro atoms. The van der Waals surface area contributed by atoms with E-state index in [2.05, 4.69) is 0 Å². The maximum absolute atomic E-state index is 12.5. The van der Waals surface area contributed by atoms with Gasteiger partial charge in [0.25, 0.3) is 10.1 Å². The van der Waals surface area contributed by atoms with Gasteiger partial charge >= 0.3 is 41.5 Å². The molecule has 1 aromatic rings. The van der Waals surface area contributed by atoms with Gasteiger partial charge in [0.05, 0.1) is 11.1 Å². The zero-order valence-corrected chi connectivity index (χ0v) is 16.6. The summed E-state index contributed by atoms with van der Waals surface area (Å²) in [5, 5.41) is 0. The molecular formula is C20H27NaO7S. The molecule has 3 rings (SSSR count). The number of carbonyl (C=O) groups excluding carboxylic acids is 2. The Labute approximate surface area is 193 Å². The van der Waals surface area contributed by atoms with Crippen molar-refractivity contribution in [1.82, 2.24) is 0 Å². The molecule has 0 saturated heterocycles. The summed E-state index contributed by atoms with van der Waals surface area (Å²) in [6.07, 6.45) is 8.66. The Morgan fingerprint density at radius 3 is 1.79 bits per heavy atom. The van der Waals surface area contributed by atoms with E-state index in [-0.39, 0.29) is 52.9 Å². The summed E-state index contributed by atoms with van der Waals surface area (Å²) < 4.78 is 44.0. The second-order valence-corrected chi connectivity index (χ2v) is 8.91. The molecule has 0 aliphatic heterocycles. The van der Waals surface area contributed by atoms with Crippen LogP contribution in [-0.4, -0.2) is 66.7 Å². The van der Waals surface area contributed by atoms with Gasteiger partial charge in [0.2, 0.25) is 0 Å². The fraction of sp³-hybridized carbons (Fsp3) is 0.600. The third-order valence-corrected chi connectivity index (χ3v) is 6.26. The number of hydrogen-bond donors (Lipinski definition) is 1.